The maximum absolute atomic E-state index is 15.7. The minimum absolute atomic E-state index is 0.0427. The molecule has 0 aromatic heterocycles. The second-order valence-electron chi connectivity index (χ2n) is 11.5. The molecule has 1 atom stereocenters. The molecule has 0 aliphatic rings. The Kier molecular flexibility index (Phi) is 26.5. The number of hydrogen-bond donors (Lipinski definition) is 0. The molecular weight excluding hydrogens is 495 g/mol. The highest BCUT2D eigenvalue weighted by Crippen LogP contribution is 2.34. The lowest BCUT2D eigenvalue weighted by molar-refractivity contribution is 0.189. The Morgan fingerprint density at radius 2 is 0.816 bits per heavy atom. The van der Waals surface area contributed by atoms with Crippen molar-refractivity contribution in [1.29, 1.82) is 0 Å². The molecule has 1 unspecified atom stereocenters. The number of unbranched alkanes of at least 4 members (excludes halogenated alkanes) is 23. The third-order valence-electron chi connectivity index (χ3n) is 7.85. The zero-order valence-corrected chi connectivity index (χ0v) is 26.4. The van der Waals surface area contributed by atoms with E-state index >= 15 is 4.39 Å². The van der Waals surface area contributed by atoms with Gasteiger partial charge in [0.2, 0.25) is 5.00 Å². The molecule has 0 aromatic carbocycles. The van der Waals surface area contributed by atoms with Gasteiger partial charge in [-0.05, 0) is 25.7 Å². The quantitative estimate of drug-likeness (QED) is 0.0481. The average Bonchev–Trinajstić information content (AvgIpc) is 2.90. The average molecular weight is 561 g/mol. The normalized spacial score (nSPS) is 13.6. The fourth-order valence-corrected chi connectivity index (χ4v) is 6.53. The Hall–Kier alpha value is -0.420. The van der Waals surface area contributed by atoms with Gasteiger partial charge in [-0.1, -0.05) is 168 Å². The Balaban J connectivity index is 4.01. The van der Waals surface area contributed by atoms with Crippen LogP contribution in [0.1, 0.15) is 187 Å². The molecular formula is C33H65FO3S. The third kappa shape index (κ3) is 21.4. The van der Waals surface area contributed by atoms with Gasteiger partial charge in [-0.2, -0.15) is 8.42 Å². The summed E-state index contributed by atoms with van der Waals surface area (Å²) < 4.78 is 45.9. The fraction of sp³-hybridized carbons (Fsp3) is 0.939. The maximum Gasteiger partial charge on any atom is 0.303 e. The van der Waals surface area contributed by atoms with Crippen LogP contribution in [0, 0.1) is 0 Å². The lowest BCUT2D eigenvalue weighted by Gasteiger charge is -2.24. The van der Waals surface area contributed by atoms with Crippen LogP contribution in [0.5, 0.6) is 0 Å². The SMILES string of the molecule is C=CCOS(=O)(=O)C(F)(CCCCCCCCCCC)CCCCCCCCCCCCCCCCCC. The second kappa shape index (κ2) is 26.8. The summed E-state index contributed by atoms with van der Waals surface area (Å²) in [5.74, 6) is 0. The van der Waals surface area contributed by atoms with Crippen LogP contribution in [0.4, 0.5) is 4.39 Å². The summed E-state index contributed by atoms with van der Waals surface area (Å²) in [6.45, 7) is 7.83. The zero-order valence-electron chi connectivity index (χ0n) is 25.6. The minimum Gasteiger partial charge on any atom is -0.263 e. The first kappa shape index (κ1) is 37.6. The van der Waals surface area contributed by atoms with Gasteiger partial charge in [-0.25, -0.2) is 4.39 Å². The lowest BCUT2D eigenvalue weighted by atomic mass is 10.0. The topological polar surface area (TPSA) is 43.4 Å². The highest BCUT2D eigenvalue weighted by atomic mass is 32.2. The fourth-order valence-electron chi connectivity index (χ4n) is 5.26. The summed E-state index contributed by atoms with van der Waals surface area (Å²) in [4.78, 5) is 0. The van der Waals surface area contributed by atoms with E-state index in [0.29, 0.717) is 12.8 Å². The van der Waals surface area contributed by atoms with Gasteiger partial charge in [0.15, 0.2) is 0 Å². The maximum atomic E-state index is 15.7. The van der Waals surface area contributed by atoms with Crippen LogP contribution in [-0.2, 0) is 14.3 Å². The first-order valence-electron chi connectivity index (χ1n) is 16.6. The van der Waals surface area contributed by atoms with Gasteiger partial charge in [0, 0.05) is 0 Å². The van der Waals surface area contributed by atoms with Crippen LogP contribution in [0.3, 0.4) is 0 Å². The predicted octanol–water partition coefficient (Wildman–Crippen LogP) is 11.8. The Bertz CT molecular complexity index is 607. The molecule has 0 saturated heterocycles. The van der Waals surface area contributed by atoms with Crippen LogP contribution < -0.4 is 0 Å². The van der Waals surface area contributed by atoms with Crippen LogP contribution in [0.2, 0.25) is 0 Å². The number of halogens is 1. The molecule has 0 spiro atoms. The molecule has 0 saturated carbocycles. The van der Waals surface area contributed by atoms with E-state index in [9.17, 15) is 8.42 Å². The van der Waals surface area contributed by atoms with Crippen molar-refractivity contribution in [2.45, 2.75) is 192 Å². The van der Waals surface area contributed by atoms with Gasteiger partial charge in [0.25, 0.3) is 0 Å². The molecule has 0 rings (SSSR count). The van der Waals surface area contributed by atoms with Crippen molar-refractivity contribution in [3.63, 3.8) is 0 Å². The van der Waals surface area contributed by atoms with E-state index < -0.39 is 15.1 Å². The zero-order chi connectivity index (χ0) is 28.2. The highest BCUT2D eigenvalue weighted by Gasteiger charge is 2.44. The summed E-state index contributed by atoms with van der Waals surface area (Å²) in [5.41, 5.74) is 0. The van der Waals surface area contributed by atoms with Crippen molar-refractivity contribution in [3.8, 4) is 0 Å². The van der Waals surface area contributed by atoms with E-state index in [1.54, 1.807) is 0 Å². The van der Waals surface area contributed by atoms with Crippen molar-refractivity contribution in [2.75, 3.05) is 6.61 Å². The van der Waals surface area contributed by atoms with Crippen LogP contribution >= 0.6 is 0 Å². The Morgan fingerprint density at radius 1 is 0.553 bits per heavy atom. The number of hydrogen-bond acceptors (Lipinski definition) is 3. The highest BCUT2D eigenvalue weighted by molar-refractivity contribution is 7.88. The van der Waals surface area contributed by atoms with E-state index in [2.05, 4.69) is 20.4 Å². The van der Waals surface area contributed by atoms with Gasteiger partial charge in [-0.15, -0.1) is 6.58 Å². The van der Waals surface area contributed by atoms with Crippen molar-refractivity contribution in [3.05, 3.63) is 12.7 Å². The van der Waals surface area contributed by atoms with Gasteiger partial charge in [0.1, 0.15) is 0 Å². The van der Waals surface area contributed by atoms with Crippen LogP contribution in [0.25, 0.3) is 0 Å². The Morgan fingerprint density at radius 3 is 1.08 bits per heavy atom. The van der Waals surface area contributed by atoms with Crippen LogP contribution in [-0.4, -0.2) is 20.0 Å². The molecule has 0 bridgehead atoms. The molecule has 0 aliphatic heterocycles. The summed E-state index contributed by atoms with van der Waals surface area (Å²) in [6.07, 6.45) is 31.4. The monoisotopic (exact) mass is 560 g/mol. The number of alkyl halides is 1. The molecule has 0 heterocycles. The van der Waals surface area contributed by atoms with Gasteiger partial charge in [-0.3, -0.25) is 4.18 Å². The van der Waals surface area contributed by atoms with Gasteiger partial charge < -0.3 is 0 Å². The Labute approximate surface area is 238 Å². The summed E-state index contributed by atoms with van der Waals surface area (Å²) in [6, 6.07) is 0. The van der Waals surface area contributed by atoms with E-state index in [1.807, 2.05) is 0 Å². The summed E-state index contributed by atoms with van der Waals surface area (Å²) in [7, 11) is -4.25. The smallest absolute Gasteiger partial charge is 0.263 e. The standard InChI is InChI=1S/C33H65FO3S/c1-4-7-9-11-13-15-16-17-18-19-20-21-23-25-27-29-31-33(34,38(35,36)37-32-6-3)30-28-26-24-22-14-12-10-8-5-2/h6H,3-5,7-32H2,1-2H3. The van der Waals surface area contributed by atoms with Crippen molar-refractivity contribution in [1.82, 2.24) is 0 Å². The lowest BCUT2D eigenvalue weighted by Crippen LogP contribution is -2.35. The van der Waals surface area contributed by atoms with E-state index in [1.165, 1.54) is 115 Å². The summed E-state index contributed by atoms with van der Waals surface area (Å²) in [5, 5.41) is -2.27. The molecule has 0 radical (unpaired) electrons. The molecule has 0 amide bonds. The summed E-state index contributed by atoms with van der Waals surface area (Å²) >= 11 is 0. The van der Waals surface area contributed by atoms with Crippen molar-refractivity contribution >= 4 is 10.1 Å². The minimum atomic E-state index is -4.25. The molecule has 0 aliphatic carbocycles. The molecule has 38 heavy (non-hydrogen) atoms. The first-order chi connectivity index (χ1) is 18.4. The van der Waals surface area contributed by atoms with E-state index in [0.717, 1.165) is 38.5 Å². The molecule has 0 fully saturated rings. The molecule has 0 N–H and O–H groups in total. The largest absolute Gasteiger partial charge is 0.303 e. The molecule has 0 aromatic rings. The molecule has 3 nitrogen and oxygen atoms in total. The first-order valence-corrected chi connectivity index (χ1v) is 18.0. The third-order valence-corrected chi connectivity index (χ3v) is 9.60. The van der Waals surface area contributed by atoms with E-state index in [4.69, 9.17) is 4.18 Å². The number of rotatable bonds is 31. The van der Waals surface area contributed by atoms with Crippen LogP contribution in [0.15, 0.2) is 12.7 Å². The molecule has 228 valence electrons. The van der Waals surface area contributed by atoms with E-state index in [-0.39, 0.29) is 19.4 Å². The van der Waals surface area contributed by atoms with Crippen molar-refractivity contribution in [2.24, 2.45) is 0 Å². The van der Waals surface area contributed by atoms with Crippen molar-refractivity contribution < 1.29 is 17.0 Å². The van der Waals surface area contributed by atoms with Gasteiger partial charge in [0.05, 0.1) is 6.61 Å². The second-order valence-corrected chi connectivity index (χ2v) is 13.4. The predicted molar refractivity (Wildman–Crippen MR) is 165 cm³/mol. The van der Waals surface area contributed by atoms with Gasteiger partial charge >= 0.3 is 10.1 Å². The molecule has 5 heteroatoms.